The molecule has 4 heteroatoms. The van der Waals surface area contributed by atoms with Crippen LogP contribution in [0.1, 0.15) is 46.6 Å². The Morgan fingerprint density at radius 2 is 1.92 bits per heavy atom. The average Bonchev–Trinajstić information content (AvgIpc) is 3.17. The first-order valence-corrected chi connectivity index (χ1v) is 14.8. The Bertz CT molecular complexity index is 616. The first kappa shape index (κ1) is 18.2. The van der Waals surface area contributed by atoms with Crippen LogP contribution in [-0.2, 0) is 9.84 Å². The maximum absolute atomic E-state index is 6.54. The van der Waals surface area contributed by atoms with Gasteiger partial charge in [0.25, 0.3) is 0 Å². The lowest BCUT2D eigenvalue weighted by Crippen LogP contribution is -2.43. The van der Waals surface area contributed by atoms with Crippen molar-refractivity contribution in [3.63, 3.8) is 0 Å². The van der Waals surface area contributed by atoms with Gasteiger partial charge in [-0.05, 0) is 59.9 Å². The first-order chi connectivity index (χ1) is 11.1. The molecule has 0 N–H and O–H groups in total. The van der Waals surface area contributed by atoms with Crippen LogP contribution in [0.5, 0.6) is 5.75 Å². The molecule has 2 fully saturated rings. The maximum Gasteiger partial charge on any atom is 0.250 e. The lowest BCUT2D eigenvalue weighted by atomic mass is 9.97. The molecule has 2 nitrogen and oxygen atoms in total. The Kier molecular flexibility index (Phi) is 4.34. The lowest BCUT2D eigenvalue weighted by Gasteiger charge is -2.36. The molecule has 3 rings (SSSR count). The van der Waals surface area contributed by atoms with Crippen LogP contribution >= 0.6 is 0 Å². The van der Waals surface area contributed by atoms with E-state index in [0.717, 1.165) is 17.9 Å². The summed E-state index contributed by atoms with van der Waals surface area (Å²) in [6.45, 7) is 17.1. The van der Waals surface area contributed by atoms with Crippen molar-refractivity contribution < 1.29 is 8.85 Å². The van der Waals surface area contributed by atoms with E-state index in [1.807, 2.05) is 0 Å². The molecule has 2 atom stereocenters. The number of fused-ring (bicyclic) bond motifs is 1. The van der Waals surface area contributed by atoms with Crippen molar-refractivity contribution in [2.75, 3.05) is 6.61 Å². The minimum atomic E-state index is -1.78. The fourth-order valence-electron chi connectivity index (χ4n) is 4.19. The molecular weight excluding hydrogens is 328 g/mol. The van der Waals surface area contributed by atoms with Crippen LogP contribution in [0.3, 0.4) is 0 Å². The van der Waals surface area contributed by atoms with Crippen molar-refractivity contribution >= 4 is 16.6 Å². The predicted molar refractivity (Wildman–Crippen MR) is 107 cm³/mol. The van der Waals surface area contributed by atoms with Crippen LogP contribution in [0.4, 0.5) is 0 Å². The SMILES string of the molecule is CC[Si]1(CC)OC[C@]2(c3cccc(O[Si](C)(C)C(C)(C)C)c3)CC21. The van der Waals surface area contributed by atoms with E-state index in [2.05, 4.69) is 72.0 Å². The molecule has 2 aliphatic rings. The van der Waals surface area contributed by atoms with Gasteiger partial charge in [0.05, 0.1) is 0 Å². The Morgan fingerprint density at radius 3 is 2.42 bits per heavy atom. The van der Waals surface area contributed by atoms with E-state index in [9.17, 15) is 0 Å². The van der Waals surface area contributed by atoms with Gasteiger partial charge in [-0.25, -0.2) is 0 Å². The monoisotopic (exact) mass is 362 g/mol. The third-order valence-corrected chi connectivity index (χ3v) is 16.6. The lowest BCUT2D eigenvalue weighted by molar-refractivity contribution is 0.296. The highest BCUT2D eigenvalue weighted by Gasteiger charge is 2.70. The maximum atomic E-state index is 6.54. The highest BCUT2D eigenvalue weighted by atomic mass is 28.4. The third kappa shape index (κ3) is 2.71. The number of benzene rings is 1. The van der Waals surface area contributed by atoms with Gasteiger partial charge in [-0.2, -0.15) is 0 Å². The van der Waals surface area contributed by atoms with E-state index in [4.69, 9.17) is 8.85 Å². The van der Waals surface area contributed by atoms with Crippen molar-refractivity contribution in [1.82, 2.24) is 0 Å². The van der Waals surface area contributed by atoms with Crippen LogP contribution < -0.4 is 4.43 Å². The Morgan fingerprint density at radius 1 is 1.25 bits per heavy atom. The Labute approximate surface area is 150 Å². The molecule has 1 unspecified atom stereocenters. The highest BCUT2D eigenvalue weighted by Crippen LogP contribution is 2.70. The van der Waals surface area contributed by atoms with Crippen LogP contribution in [-0.4, -0.2) is 23.2 Å². The zero-order chi connectivity index (χ0) is 17.8. The third-order valence-electron chi connectivity index (χ3n) is 7.11. The van der Waals surface area contributed by atoms with Crippen LogP contribution in [0, 0.1) is 0 Å². The van der Waals surface area contributed by atoms with Gasteiger partial charge in [0.2, 0.25) is 8.32 Å². The standard InChI is InChI=1S/C20H34O2Si2/c1-8-24(9-2)18-14-20(18,15-21-24)16-11-10-12-17(13-16)22-23(6,7)19(3,4)5/h10-13,18H,8-9,14-15H2,1-7H3/t18?,20-/m0/s1. The summed E-state index contributed by atoms with van der Waals surface area (Å²) in [5, 5.41) is 0.229. The molecule has 134 valence electrons. The summed E-state index contributed by atoms with van der Waals surface area (Å²) in [5.74, 6) is 1.06. The van der Waals surface area contributed by atoms with Gasteiger partial charge in [-0.15, -0.1) is 0 Å². The van der Waals surface area contributed by atoms with Gasteiger partial charge in [0.1, 0.15) is 5.75 Å². The number of rotatable bonds is 5. The van der Waals surface area contributed by atoms with Crippen molar-refractivity contribution in [2.24, 2.45) is 0 Å². The second-order valence-electron chi connectivity index (χ2n) is 9.36. The molecular formula is C20H34O2Si2. The van der Waals surface area contributed by atoms with Crippen molar-refractivity contribution in [2.45, 2.75) is 82.2 Å². The molecule has 24 heavy (non-hydrogen) atoms. The summed E-state index contributed by atoms with van der Waals surface area (Å²) in [7, 11) is -3.27. The molecule has 1 saturated heterocycles. The molecule has 0 spiro atoms. The minimum Gasteiger partial charge on any atom is -0.543 e. The van der Waals surface area contributed by atoms with Crippen molar-refractivity contribution in [1.29, 1.82) is 0 Å². The van der Waals surface area contributed by atoms with Gasteiger partial charge in [0.15, 0.2) is 8.32 Å². The molecule has 1 aliphatic carbocycles. The second-order valence-corrected chi connectivity index (χ2v) is 18.6. The summed E-state index contributed by atoms with van der Waals surface area (Å²) in [6, 6.07) is 11.5. The van der Waals surface area contributed by atoms with E-state index in [-0.39, 0.29) is 5.04 Å². The summed E-state index contributed by atoms with van der Waals surface area (Å²) in [6.07, 6.45) is 1.34. The second kappa shape index (κ2) is 5.71. The van der Waals surface area contributed by atoms with E-state index < -0.39 is 16.6 Å². The summed E-state index contributed by atoms with van der Waals surface area (Å²) >= 11 is 0. The zero-order valence-electron chi connectivity index (χ0n) is 16.5. The minimum absolute atomic E-state index is 0.229. The van der Waals surface area contributed by atoms with Crippen molar-refractivity contribution in [3.05, 3.63) is 29.8 Å². The first-order valence-electron chi connectivity index (χ1n) is 9.54. The topological polar surface area (TPSA) is 18.5 Å². The van der Waals surface area contributed by atoms with Crippen LogP contribution in [0.2, 0.25) is 35.8 Å². The van der Waals surface area contributed by atoms with Gasteiger partial charge in [-0.3, -0.25) is 0 Å². The largest absolute Gasteiger partial charge is 0.543 e. The zero-order valence-corrected chi connectivity index (χ0v) is 18.5. The van der Waals surface area contributed by atoms with Crippen molar-refractivity contribution in [3.8, 4) is 5.75 Å². The summed E-state index contributed by atoms with van der Waals surface area (Å²) in [5.41, 5.74) is 2.59. The molecule has 1 heterocycles. The van der Waals surface area contributed by atoms with Gasteiger partial charge in [-0.1, -0.05) is 46.8 Å². The van der Waals surface area contributed by atoms with Gasteiger partial charge >= 0.3 is 0 Å². The molecule has 0 bridgehead atoms. The van der Waals surface area contributed by atoms with Gasteiger partial charge in [0, 0.05) is 12.0 Å². The van der Waals surface area contributed by atoms with Crippen LogP contribution in [0.15, 0.2) is 24.3 Å². The Hall–Kier alpha value is -0.586. The highest BCUT2D eigenvalue weighted by molar-refractivity contribution is 6.77. The molecule has 1 saturated carbocycles. The number of hydrogen-bond donors (Lipinski definition) is 0. The molecule has 1 aromatic rings. The van der Waals surface area contributed by atoms with E-state index >= 15 is 0 Å². The van der Waals surface area contributed by atoms with Crippen LogP contribution in [0.25, 0.3) is 0 Å². The molecule has 0 radical (unpaired) electrons. The molecule has 1 aliphatic heterocycles. The smallest absolute Gasteiger partial charge is 0.250 e. The van der Waals surface area contributed by atoms with Gasteiger partial charge < -0.3 is 8.85 Å². The Balaban J connectivity index is 1.84. The summed E-state index contributed by atoms with van der Waals surface area (Å²) < 4.78 is 13.0. The number of hydrogen-bond acceptors (Lipinski definition) is 2. The fraction of sp³-hybridized carbons (Fsp3) is 0.700. The quantitative estimate of drug-likeness (QED) is 0.589. The summed E-state index contributed by atoms with van der Waals surface area (Å²) in [4.78, 5) is 0. The molecule has 1 aromatic carbocycles. The van der Waals surface area contributed by atoms with E-state index in [1.54, 1.807) is 0 Å². The normalized spacial score (nSPS) is 28.5. The molecule has 0 aromatic heterocycles. The van der Waals surface area contributed by atoms with E-state index in [0.29, 0.717) is 5.41 Å². The van der Waals surface area contributed by atoms with E-state index in [1.165, 1.54) is 24.1 Å². The average molecular weight is 363 g/mol. The predicted octanol–water partition coefficient (Wildman–Crippen LogP) is 6.10. The fourth-order valence-corrected chi connectivity index (χ4v) is 9.85. The molecule has 0 amide bonds.